The average Bonchev–Trinajstić information content (AvgIpc) is 3.48. The molecule has 0 unspecified atom stereocenters. The van der Waals surface area contributed by atoms with Crippen LogP contribution in [0.5, 0.6) is 0 Å². The summed E-state index contributed by atoms with van der Waals surface area (Å²) in [6, 6.07) is 5.03. The molecule has 11 heteroatoms. The van der Waals surface area contributed by atoms with E-state index in [2.05, 4.69) is 4.98 Å². The van der Waals surface area contributed by atoms with Crippen LogP contribution in [0.25, 0.3) is 11.0 Å². The van der Waals surface area contributed by atoms with Crippen molar-refractivity contribution < 1.29 is 26.0 Å². The molecule has 3 aromatic rings. The van der Waals surface area contributed by atoms with Gasteiger partial charge in [0, 0.05) is 37.0 Å². The van der Waals surface area contributed by atoms with Crippen molar-refractivity contribution >= 4 is 32.8 Å². The number of halogens is 4. The Morgan fingerprint density at radius 1 is 1.09 bits per heavy atom. The van der Waals surface area contributed by atoms with Gasteiger partial charge in [0.25, 0.3) is 0 Å². The number of aromatic nitrogens is 2. The van der Waals surface area contributed by atoms with Gasteiger partial charge >= 0.3 is 0 Å². The molecule has 2 aromatic carbocycles. The van der Waals surface area contributed by atoms with Crippen LogP contribution in [-0.2, 0) is 15.8 Å². The minimum absolute atomic E-state index is 0.0936. The third-order valence-electron chi connectivity index (χ3n) is 6.40. The molecule has 0 spiro atoms. The molecule has 1 aliphatic carbocycles. The van der Waals surface area contributed by atoms with E-state index < -0.39 is 38.9 Å². The SMILES string of the molecule is CCCCN(C)S(=O)(=O)c1ccc2c(c1)nc(SCc1c(F)c(F)cc(F)c1F)n2C1CCCC1. The summed E-state index contributed by atoms with van der Waals surface area (Å²) >= 11 is 0.968. The number of fused-ring (bicyclic) bond motifs is 1. The van der Waals surface area contributed by atoms with Crippen LogP contribution >= 0.6 is 11.8 Å². The van der Waals surface area contributed by atoms with Crippen LogP contribution in [0.15, 0.2) is 34.3 Å². The Morgan fingerprint density at radius 2 is 1.74 bits per heavy atom. The summed E-state index contributed by atoms with van der Waals surface area (Å²) < 4.78 is 85.0. The van der Waals surface area contributed by atoms with Crippen molar-refractivity contribution in [3.8, 4) is 0 Å². The van der Waals surface area contributed by atoms with Gasteiger partial charge in [0.15, 0.2) is 28.4 Å². The Balaban J connectivity index is 1.73. The van der Waals surface area contributed by atoms with Crippen molar-refractivity contribution in [2.45, 2.75) is 67.3 Å². The first-order valence-corrected chi connectivity index (χ1v) is 14.0. The Hall–Kier alpha value is -2.11. The lowest BCUT2D eigenvalue weighted by Crippen LogP contribution is -2.27. The number of nitrogens with zero attached hydrogens (tertiary/aromatic N) is 3. The zero-order chi connectivity index (χ0) is 25.3. The molecular formula is C24H27F4N3O2S2. The largest absolute Gasteiger partial charge is 0.316 e. The van der Waals surface area contributed by atoms with Gasteiger partial charge < -0.3 is 4.57 Å². The van der Waals surface area contributed by atoms with Gasteiger partial charge in [-0.1, -0.05) is 37.9 Å². The second-order valence-corrected chi connectivity index (χ2v) is 11.8. The lowest BCUT2D eigenvalue weighted by Gasteiger charge is -2.18. The van der Waals surface area contributed by atoms with Crippen molar-refractivity contribution in [2.75, 3.05) is 13.6 Å². The minimum Gasteiger partial charge on any atom is -0.316 e. The monoisotopic (exact) mass is 529 g/mol. The van der Waals surface area contributed by atoms with Crippen LogP contribution in [0, 0.1) is 23.3 Å². The fourth-order valence-electron chi connectivity index (χ4n) is 4.40. The highest BCUT2D eigenvalue weighted by Gasteiger charge is 2.27. The van der Waals surface area contributed by atoms with E-state index in [1.807, 2.05) is 11.5 Å². The highest BCUT2D eigenvalue weighted by atomic mass is 32.2. The molecule has 0 aliphatic heterocycles. The second kappa shape index (κ2) is 10.5. The van der Waals surface area contributed by atoms with Crippen molar-refractivity contribution in [3.05, 3.63) is 53.1 Å². The van der Waals surface area contributed by atoms with E-state index in [0.717, 1.165) is 50.3 Å². The smallest absolute Gasteiger partial charge is 0.242 e. The van der Waals surface area contributed by atoms with Gasteiger partial charge in [-0.25, -0.2) is 35.3 Å². The van der Waals surface area contributed by atoms with Gasteiger partial charge in [-0.3, -0.25) is 0 Å². The molecule has 0 radical (unpaired) electrons. The summed E-state index contributed by atoms with van der Waals surface area (Å²) in [7, 11) is -2.17. The molecule has 0 atom stereocenters. The number of imidazole rings is 1. The maximum atomic E-state index is 14.2. The van der Waals surface area contributed by atoms with Crippen LogP contribution in [-0.4, -0.2) is 35.9 Å². The van der Waals surface area contributed by atoms with E-state index in [1.54, 1.807) is 12.1 Å². The number of hydrogen-bond donors (Lipinski definition) is 0. The predicted octanol–water partition coefficient (Wildman–Crippen LogP) is 6.42. The average molecular weight is 530 g/mol. The fraction of sp³-hybridized carbons (Fsp3) is 0.458. The molecule has 1 aliphatic rings. The Bertz CT molecular complexity index is 1310. The number of thioether (sulfide) groups is 1. The Labute approximate surface area is 206 Å². The third-order valence-corrected chi connectivity index (χ3v) is 9.23. The molecule has 1 heterocycles. The molecule has 0 N–H and O–H groups in total. The Morgan fingerprint density at radius 3 is 2.37 bits per heavy atom. The maximum Gasteiger partial charge on any atom is 0.242 e. The van der Waals surface area contributed by atoms with E-state index in [0.29, 0.717) is 22.7 Å². The number of rotatable bonds is 9. The topological polar surface area (TPSA) is 55.2 Å². The number of sulfonamides is 1. The standard InChI is InChI=1S/C24H27F4N3O2S2/c1-3-4-11-30(2)35(32,33)16-9-10-21-20(12-16)29-24(31(21)15-7-5-6-8-15)34-14-17-22(27)18(25)13-19(26)23(17)28/h9-10,12-13,15H,3-8,11,14H2,1-2H3. The molecular weight excluding hydrogens is 502 g/mol. The molecule has 1 fully saturated rings. The first-order chi connectivity index (χ1) is 16.6. The zero-order valence-corrected chi connectivity index (χ0v) is 21.2. The summed E-state index contributed by atoms with van der Waals surface area (Å²) in [6.45, 7) is 2.38. The molecule has 190 valence electrons. The van der Waals surface area contributed by atoms with Crippen LogP contribution in [0.4, 0.5) is 17.6 Å². The molecule has 0 bridgehead atoms. The highest BCUT2D eigenvalue weighted by Crippen LogP contribution is 2.38. The summed E-state index contributed by atoms with van der Waals surface area (Å²) in [5.41, 5.74) is 0.454. The molecule has 35 heavy (non-hydrogen) atoms. The lowest BCUT2D eigenvalue weighted by molar-refractivity contribution is 0.444. The van der Waals surface area contributed by atoms with E-state index in [9.17, 15) is 26.0 Å². The van der Waals surface area contributed by atoms with Gasteiger partial charge in [0.2, 0.25) is 10.0 Å². The normalized spacial score (nSPS) is 15.1. The first kappa shape index (κ1) is 26.0. The molecule has 0 amide bonds. The molecule has 1 aromatic heterocycles. The second-order valence-electron chi connectivity index (χ2n) is 8.77. The van der Waals surface area contributed by atoms with Gasteiger partial charge in [-0.05, 0) is 37.5 Å². The van der Waals surface area contributed by atoms with Crippen molar-refractivity contribution in [2.24, 2.45) is 0 Å². The highest BCUT2D eigenvalue weighted by molar-refractivity contribution is 7.98. The molecule has 0 saturated heterocycles. The summed E-state index contributed by atoms with van der Waals surface area (Å²) in [4.78, 5) is 4.69. The fourth-order valence-corrected chi connectivity index (χ4v) is 6.71. The molecule has 5 nitrogen and oxygen atoms in total. The number of hydrogen-bond acceptors (Lipinski definition) is 4. The Kier molecular flexibility index (Phi) is 7.77. The predicted molar refractivity (Wildman–Crippen MR) is 128 cm³/mol. The number of unbranched alkanes of at least 4 members (excludes halogenated alkanes) is 1. The molecule has 1 saturated carbocycles. The van der Waals surface area contributed by atoms with E-state index >= 15 is 0 Å². The zero-order valence-electron chi connectivity index (χ0n) is 19.5. The molecule has 4 rings (SSSR count). The quantitative estimate of drug-likeness (QED) is 0.182. The third kappa shape index (κ3) is 5.08. The van der Waals surface area contributed by atoms with Crippen molar-refractivity contribution in [1.82, 2.24) is 13.9 Å². The first-order valence-electron chi connectivity index (χ1n) is 11.6. The van der Waals surface area contributed by atoms with Crippen LogP contribution in [0.3, 0.4) is 0 Å². The lowest BCUT2D eigenvalue weighted by atomic mass is 10.2. The summed E-state index contributed by atoms with van der Waals surface area (Å²) in [5, 5.41) is 0.421. The van der Waals surface area contributed by atoms with Crippen LogP contribution in [0.2, 0.25) is 0 Å². The number of benzene rings is 2. The minimum atomic E-state index is -3.71. The maximum absolute atomic E-state index is 14.2. The van der Waals surface area contributed by atoms with Crippen molar-refractivity contribution in [1.29, 1.82) is 0 Å². The van der Waals surface area contributed by atoms with Gasteiger partial charge in [-0.15, -0.1) is 0 Å². The summed E-state index contributed by atoms with van der Waals surface area (Å²) in [6.07, 6.45) is 5.40. The van der Waals surface area contributed by atoms with E-state index in [1.165, 1.54) is 17.4 Å². The van der Waals surface area contributed by atoms with Gasteiger partial charge in [0.1, 0.15) is 0 Å². The van der Waals surface area contributed by atoms with Crippen LogP contribution < -0.4 is 0 Å². The summed E-state index contributed by atoms with van der Waals surface area (Å²) in [5.74, 6) is -6.13. The van der Waals surface area contributed by atoms with Crippen molar-refractivity contribution in [3.63, 3.8) is 0 Å². The van der Waals surface area contributed by atoms with Gasteiger partial charge in [0.05, 0.1) is 15.9 Å². The van der Waals surface area contributed by atoms with E-state index in [-0.39, 0.29) is 22.8 Å². The van der Waals surface area contributed by atoms with E-state index in [4.69, 9.17) is 0 Å². The van der Waals surface area contributed by atoms with Gasteiger partial charge in [-0.2, -0.15) is 0 Å². The van der Waals surface area contributed by atoms with Crippen LogP contribution in [0.1, 0.15) is 57.1 Å².